The second-order valence-electron chi connectivity index (χ2n) is 7.35. The quantitative estimate of drug-likeness (QED) is 0.491. The van der Waals surface area contributed by atoms with Crippen LogP contribution in [0, 0.1) is 0 Å². The highest BCUT2D eigenvalue weighted by atomic mass is 19.4. The van der Waals surface area contributed by atoms with Crippen LogP contribution in [0.1, 0.15) is 23.1 Å². The van der Waals surface area contributed by atoms with E-state index in [-0.39, 0.29) is 5.69 Å². The first-order chi connectivity index (χ1) is 14.9. The molecular weight excluding hydrogens is 401 g/mol. The van der Waals surface area contributed by atoms with E-state index in [0.717, 1.165) is 41.8 Å². The molecule has 3 nitrogen and oxygen atoms in total. The third-order valence-corrected chi connectivity index (χ3v) is 5.21. The molecule has 0 atom stereocenters. The van der Waals surface area contributed by atoms with Crippen LogP contribution in [-0.2, 0) is 17.4 Å². The van der Waals surface area contributed by atoms with E-state index in [1.807, 2.05) is 59.5 Å². The molecule has 1 aliphatic heterocycles. The van der Waals surface area contributed by atoms with Gasteiger partial charge in [0.25, 0.3) is 0 Å². The van der Waals surface area contributed by atoms with Gasteiger partial charge in [0, 0.05) is 18.3 Å². The van der Waals surface area contributed by atoms with Crippen LogP contribution in [0.15, 0.2) is 78.9 Å². The van der Waals surface area contributed by atoms with Crippen molar-refractivity contribution in [3.8, 4) is 0 Å². The number of para-hydroxylation sites is 1. The molecule has 0 saturated heterocycles. The van der Waals surface area contributed by atoms with Crippen molar-refractivity contribution in [2.45, 2.75) is 19.0 Å². The van der Waals surface area contributed by atoms with Crippen molar-refractivity contribution in [2.75, 3.05) is 16.8 Å². The summed E-state index contributed by atoms with van der Waals surface area (Å²) in [7, 11) is 0. The molecule has 0 aliphatic carbocycles. The zero-order valence-electron chi connectivity index (χ0n) is 16.7. The second kappa shape index (κ2) is 8.68. The van der Waals surface area contributed by atoms with Gasteiger partial charge in [0.15, 0.2) is 0 Å². The van der Waals surface area contributed by atoms with E-state index >= 15 is 0 Å². The summed E-state index contributed by atoms with van der Waals surface area (Å²) in [6.45, 7) is 0.658. The van der Waals surface area contributed by atoms with Crippen LogP contribution in [0.3, 0.4) is 0 Å². The van der Waals surface area contributed by atoms with Crippen LogP contribution >= 0.6 is 0 Å². The number of alkyl halides is 3. The molecule has 0 fully saturated rings. The van der Waals surface area contributed by atoms with Crippen molar-refractivity contribution in [3.63, 3.8) is 0 Å². The van der Waals surface area contributed by atoms with Crippen LogP contribution < -0.4 is 10.2 Å². The number of nitrogens with one attached hydrogen (secondary N) is 1. The fraction of sp³-hybridized carbons (Fsp3) is 0.160. The number of halogens is 3. The number of amides is 1. The predicted octanol–water partition coefficient (Wildman–Crippen LogP) is 6.44. The molecule has 1 heterocycles. The first-order valence-corrected chi connectivity index (χ1v) is 10.0. The first-order valence-electron chi connectivity index (χ1n) is 10.0. The van der Waals surface area contributed by atoms with Gasteiger partial charge in [-0.05, 0) is 54.3 Å². The van der Waals surface area contributed by atoms with E-state index in [4.69, 9.17) is 0 Å². The summed E-state index contributed by atoms with van der Waals surface area (Å²) in [5, 5.41) is 2.65. The van der Waals surface area contributed by atoms with E-state index in [9.17, 15) is 18.0 Å². The van der Waals surface area contributed by atoms with E-state index in [1.165, 1.54) is 12.1 Å². The highest BCUT2D eigenvalue weighted by molar-refractivity contribution is 6.04. The maximum atomic E-state index is 13.3. The molecule has 158 valence electrons. The van der Waals surface area contributed by atoms with Gasteiger partial charge in [-0.3, -0.25) is 4.79 Å². The number of anilines is 3. The smallest absolute Gasteiger partial charge is 0.340 e. The zero-order chi connectivity index (χ0) is 21.8. The fourth-order valence-electron chi connectivity index (χ4n) is 3.74. The number of rotatable bonds is 4. The molecule has 3 aromatic rings. The Kier molecular flexibility index (Phi) is 5.80. The van der Waals surface area contributed by atoms with Crippen LogP contribution in [0.5, 0.6) is 0 Å². The molecule has 6 heteroatoms. The molecule has 1 N–H and O–H groups in total. The first kappa shape index (κ1) is 20.7. The van der Waals surface area contributed by atoms with Crippen LogP contribution in [-0.4, -0.2) is 12.5 Å². The van der Waals surface area contributed by atoms with Gasteiger partial charge in [0.2, 0.25) is 5.91 Å². The van der Waals surface area contributed by atoms with E-state index in [1.54, 1.807) is 6.08 Å². The molecule has 0 unspecified atom stereocenters. The molecule has 3 aromatic carbocycles. The summed E-state index contributed by atoms with van der Waals surface area (Å²) in [4.78, 5) is 14.5. The normalized spacial score (nSPS) is 13.8. The third kappa shape index (κ3) is 4.79. The Hall–Kier alpha value is -3.54. The third-order valence-electron chi connectivity index (χ3n) is 5.21. The Bertz CT molecular complexity index is 1110. The maximum absolute atomic E-state index is 13.3. The van der Waals surface area contributed by atoms with Crippen molar-refractivity contribution in [1.82, 2.24) is 0 Å². The van der Waals surface area contributed by atoms with Gasteiger partial charge in [0.1, 0.15) is 0 Å². The summed E-state index contributed by atoms with van der Waals surface area (Å²) in [5.74, 6) is -0.491. The van der Waals surface area contributed by atoms with Gasteiger partial charge in [-0.2, -0.15) is 13.2 Å². The minimum atomic E-state index is -4.50. The van der Waals surface area contributed by atoms with Gasteiger partial charge in [-0.25, -0.2) is 0 Å². The lowest BCUT2D eigenvalue weighted by Gasteiger charge is -2.33. The van der Waals surface area contributed by atoms with Crippen LogP contribution in [0.25, 0.3) is 6.08 Å². The number of benzene rings is 3. The van der Waals surface area contributed by atoms with Crippen molar-refractivity contribution in [2.24, 2.45) is 0 Å². The number of aryl methyl sites for hydroxylation is 1. The lowest BCUT2D eigenvalue weighted by molar-refractivity contribution is -0.137. The molecule has 0 bridgehead atoms. The summed E-state index contributed by atoms with van der Waals surface area (Å²) in [6, 6.07) is 20.5. The van der Waals surface area contributed by atoms with Crippen molar-refractivity contribution in [3.05, 3.63) is 95.6 Å². The number of nitrogens with zero attached hydrogens (tertiary/aromatic N) is 1. The average molecular weight is 422 g/mol. The highest BCUT2D eigenvalue weighted by Crippen LogP contribution is 2.40. The number of carbonyl (C=O) groups is 1. The standard InChI is InChI=1S/C25H21F3N2O/c26-25(27,28)20-13-14-23(30-16-6-10-19-9-4-5-11-22(19)30)21(17-20)29-24(31)15-12-18-7-2-1-3-8-18/h1-5,7-9,11-15,17H,6,10,16H2,(H,29,31)/b15-12+. The number of carbonyl (C=O) groups excluding carboxylic acids is 1. The monoisotopic (exact) mass is 422 g/mol. The van der Waals surface area contributed by atoms with Crippen molar-refractivity contribution >= 4 is 29.0 Å². The lowest BCUT2D eigenvalue weighted by Crippen LogP contribution is -2.26. The van der Waals surface area contributed by atoms with Crippen molar-refractivity contribution in [1.29, 1.82) is 0 Å². The molecule has 0 saturated carbocycles. The lowest BCUT2D eigenvalue weighted by atomic mass is 10.0. The Balaban J connectivity index is 1.68. The van der Waals surface area contributed by atoms with Crippen molar-refractivity contribution < 1.29 is 18.0 Å². The van der Waals surface area contributed by atoms with E-state index in [2.05, 4.69) is 5.32 Å². The second-order valence-corrected chi connectivity index (χ2v) is 7.35. The summed E-state index contributed by atoms with van der Waals surface area (Å²) >= 11 is 0. The SMILES string of the molecule is O=C(/C=C/c1ccccc1)Nc1cc(C(F)(F)F)ccc1N1CCCc2ccccc21. The molecule has 0 radical (unpaired) electrons. The van der Waals surface area contributed by atoms with Gasteiger partial charge in [-0.15, -0.1) is 0 Å². The van der Waals surface area contributed by atoms with Gasteiger partial charge in [0.05, 0.1) is 16.9 Å². The van der Waals surface area contributed by atoms with Gasteiger partial charge in [-0.1, -0.05) is 48.5 Å². The molecule has 1 aliphatic rings. The Labute approximate surface area is 178 Å². The van der Waals surface area contributed by atoms with E-state index in [0.29, 0.717) is 12.2 Å². The molecular formula is C25H21F3N2O. The van der Waals surface area contributed by atoms with E-state index < -0.39 is 17.6 Å². The topological polar surface area (TPSA) is 32.3 Å². The Morgan fingerprint density at radius 2 is 1.68 bits per heavy atom. The molecule has 4 rings (SSSR count). The number of hydrogen-bond donors (Lipinski definition) is 1. The fourth-order valence-corrected chi connectivity index (χ4v) is 3.74. The van der Waals surface area contributed by atoms with Gasteiger partial charge < -0.3 is 10.2 Å². The molecule has 1 amide bonds. The molecule has 0 spiro atoms. The number of hydrogen-bond acceptors (Lipinski definition) is 2. The zero-order valence-corrected chi connectivity index (χ0v) is 16.7. The minimum Gasteiger partial charge on any atom is -0.340 e. The molecule has 31 heavy (non-hydrogen) atoms. The predicted molar refractivity (Wildman–Crippen MR) is 117 cm³/mol. The summed E-state index contributed by atoms with van der Waals surface area (Å²) in [5.41, 5.74) is 2.78. The minimum absolute atomic E-state index is 0.134. The summed E-state index contributed by atoms with van der Waals surface area (Å²) in [6.07, 6.45) is 0.230. The largest absolute Gasteiger partial charge is 0.416 e. The molecule has 0 aromatic heterocycles. The average Bonchev–Trinajstić information content (AvgIpc) is 2.77. The van der Waals surface area contributed by atoms with Crippen LogP contribution in [0.2, 0.25) is 0 Å². The van der Waals surface area contributed by atoms with Crippen LogP contribution in [0.4, 0.5) is 30.2 Å². The van der Waals surface area contributed by atoms with Gasteiger partial charge >= 0.3 is 6.18 Å². The highest BCUT2D eigenvalue weighted by Gasteiger charge is 2.32. The Morgan fingerprint density at radius 1 is 0.935 bits per heavy atom. The number of fused-ring (bicyclic) bond motifs is 1. The Morgan fingerprint density at radius 3 is 2.45 bits per heavy atom. The summed E-state index contributed by atoms with van der Waals surface area (Å²) < 4.78 is 40.0. The maximum Gasteiger partial charge on any atom is 0.416 e.